The number of hydrogen-bond donors (Lipinski definition) is 0. The van der Waals surface area contributed by atoms with Gasteiger partial charge in [0.25, 0.3) is 0 Å². The number of nitrogens with zero attached hydrogens (tertiary/aromatic N) is 3. The standard InChI is InChI=1S/C15H18FN3O2/c1-9(2)15-18-17-14(21-15)8-19-7-10(3)20-13-6-11(16)4-5-12(13)19/h4-6,9-10H,7-8H2,1-3H3/t10-/m1/s1. The quantitative estimate of drug-likeness (QED) is 0.869. The Morgan fingerprint density at radius 1 is 1.38 bits per heavy atom. The fourth-order valence-corrected chi connectivity index (χ4v) is 2.38. The largest absolute Gasteiger partial charge is 0.487 e. The molecule has 6 heteroatoms. The van der Waals surface area contributed by atoms with Gasteiger partial charge in [-0.1, -0.05) is 13.8 Å². The average Bonchev–Trinajstić information content (AvgIpc) is 2.86. The van der Waals surface area contributed by atoms with Crippen LogP contribution < -0.4 is 9.64 Å². The van der Waals surface area contributed by atoms with Crippen LogP contribution in [0.25, 0.3) is 0 Å². The smallest absolute Gasteiger partial charge is 0.235 e. The molecule has 2 aromatic rings. The van der Waals surface area contributed by atoms with Gasteiger partial charge in [0.05, 0.1) is 18.8 Å². The highest BCUT2D eigenvalue weighted by Gasteiger charge is 2.25. The van der Waals surface area contributed by atoms with Crippen molar-refractivity contribution < 1.29 is 13.5 Å². The Morgan fingerprint density at radius 3 is 2.90 bits per heavy atom. The molecule has 0 amide bonds. The molecule has 5 nitrogen and oxygen atoms in total. The Labute approximate surface area is 122 Å². The molecule has 1 aromatic heterocycles. The van der Waals surface area contributed by atoms with Crippen LogP contribution in [0.5, 0.6) is 5.75 Å². The summed E-state index contributed by atoms with van der Waals surface area (Å²) in [5.74, 6) is 1.64. The van der Waals surface area contributed by atoms with Crippen molar-refractivity contribution in [2.75, 3.05) is 11.4 Å². The third-order valence-corrected chi connectivity index (χ3v) is 3.37. The lowest BCUT2D eigenvalue weighted by Crippen LogP contribution is -2.38. The van der Waals surface area contributed by atoms with Crippen molar-refractivity contribution in [3.8, 4) is 5.75 Å². The zero-order valence-electron chi connectivity index (χ0n) is 12.3. The molecule has 0 fully saturated rings. The summed E-state index contributed by atoms with van der Waals surface area (Å²) in [6, 6.07) is 4.56. The fraction of sp³-hybridized carbons (Fsp3) is 0.467. The maximum Gasteiger partial charge on any atom is 0.235 e. The molecule has 0 saturated carbocycles. The first-order valence-electron chi connectivity index (χ1n) is 7.06. The molecule has 0 aliphatic carbocycles. The van der Waals surface area contributed by atoms with Crippen LogP contribution in [0.3, 0.4) is 0 Å². The number of fused-ring (bicyclic) bond motifs is 1. The number of aromatic nitrogens is 2. The van der Waals surface area contributed by atoms with E-state index in [9.17, 15) is 4.39 Å². The van der Waals surface area contributed by atoms with E-state index in [-0.39, 0.29) is 17.8 Å². The van der Waals surface area contributed by atoms with Crippen molar-refractivity contribution in [2.45, 2.75) is 39.3 Å². The Kier molecular flexibility index (Phi) is 3.53. The van der Waals surface area contributed by atoms with E-state index in [1.165, 1.54) is 12.1 Å². The first-order chi connectivity index (χ1) is 10.0. The zero-order chi connectivity index (χ0) is 15.0. The molecule has 0 N–H and O–H groups in total. The normalized spacial score (nSPS) is 17.8. The number of hydrogen-bond acceptors (Lipinski definition) is 5. The second kappa shape index (κ2) is 5.35. The minimum Gasteiger partial charge on any atom is -0.487 e. The Bertz CT molecular complexity index is 642. The Hall–Kier alpha value is -2.11. The van der Waals surface area contributed by atoms with E-state index in [4.69, 9.17) is 9.15 Å². The summed E-state index contributed by atoms with van der Waals surface area (Å²) in [6.45, 7) is 7.15. The predicted molar refractivity (Wildman–Crippen MR) is 75.9 cm³/mol. The highest BCUT2D eigenvalue weighted by atomic mass is 19.1. The molecule has 1 aromatic carbocycles. The van der Waals surface area contributed by atoms with Gasteiger partial charge in [0.2, 0.25) is 11.8 Å². The summed E-state index contributed by atoms with van der Waals surface area (Å²) < 4.78 is 24.6. The molecule has 2 heterocycles. The van der Waals surface area contributed by atoms with Crippen LogP contribution in [0.4, 0.5) is 10.1 Å². The summed E-state index contributed by atoms with van der Waals surface area (Å²) in [5.41, 5.74) is 0.846. The summed E-state index contributed by atoms with van der Waals surface area (Å²) in [7, 11) is 0. The molecular weight excluding hydrogens is 273 g/mol. The summed E-state index contributed by atoms with van der Waals surface area (Å²) in [4.78, 5) is 2.07. The second-order valence-electron chi connectivity index (χ2n) is 5.61. The SMILES string of the molecule is CC(C)c1nnc(CN2C[C@@H](C)Oc3cc(F)ccc32)o1. The van der Waals surface area contributed by atoms with Crippen LogP contribution >= 0.6 is 0 Å². The molecule has 21 heavy (non-hydrogen) atoms. The number of ether oxygens (including phenoxy) is 1. The van der Waals surface area contributed by atoms with Crippen molar-refractivity contribution in [1.29, 1.82) is 0 Å². The predicted octanol–water partition coefficient (Wildman–Crippen LogP) is 3.12. The number of rotatable bonds is 3. The van der Waals surface area contributed by atoms with Gasteiger partial charge in [0.1, 0.15) is 17.7 Å². The molecule has 1 atom stereocenters. The van der Waals surface area contributed by atoms with E-state index in [1.54, 1.807) is 6.07 Å². The maximum absolute atomic E-state index is 13.3. The molecule has 3 rings (SSSR count). The molecular formula is C15H18FN3O2. The van der Waals surface area contributed by atoms with E-state index in [0.29, 0.717) is 30.6 Å². The minimum absolute atomic E-state index is 0.0215. The molecule has 112 valence electrons. The van der Waals surface area contributed by atoms with Crippen LogP contribution in [-0.2, 0) is 6.54 Å². The van der Waals surface area contributed by atoms with Crippen molar-refractivity contribution >= 4 is 5.69 Å². The van der Waals surface area contributed by atoms with Gasteiger partial charge in [-0.2, -0.15) is 0 Å². The molecule has 0 saturated heterocycles. The highest BCUT2D eigenvalue weighted by Crippen LogP contribution is 2.34. The van der Waals surface area contributed by atoms with Crippen LogP contribution in [0.15, 0.2) is 22.6 Å². The first kappa shape index (κ1) is 13.9. The third-order valence-electron chi connectivity index (χ3n) is 3.37. The molecule has 0 spiro atoms. The van der Waals surface area contributed by atoms with E-state index < -0.39 is 0 Å². The van der Waals surface area contributed by atoms with E-state index >= 15 is 0 Å². The number of benzene rings is 1. The summed E-state index contributed by atoms with van der Waals surface area (Å²) in [5, 5.41) is 8.11. The van der Waals surface area contributed by atoms with Gasteiger partial charge in [0, 0.05) is 12.0 Å². The lowest BCUT2D eigenvalue weighted by Gasteiger charge is -2.34. The zero-order valence-corrected chi connectivity index (χ0v) is 12.3. The Balaban J connectivity index is 1.85. The fourth-order valence-electron chi connectivity index (χ4n) is 2.38. The monoisotopic (exact) mass is 291 g/mol. The van der Waals surface area contributed by atoms with Crippen LogP contribution in [0.1, 0.15) is 38.5 Å². The molecule has 0 radical (unpaired) electrons. The lowest BCUT2D eigenvalue weighted by atomic mass is 10.2. The van der Waals surface area contributed by atoms with Gasteiger partial charge in [-0.25, -0.2) is 4.39 Å². The number of anilines is 1. The van der Waals surface area contributed by atoms with Crippen LogP contribution in [0, 0.1) is 5.82 Å². The highest BCUT2D eigenvalue weighted by molar-refractivity contribution is 5.60. The Morgan fingerprint density at radius 2 is 2.19 bits per heavy atom. The van der Waals surface area contributed by atoms with E-state index in [2.05, 4.69) is 15.1 Å². The van der Waals surface area contributed by atoms with Gasteiger partial charge in [0.15, 0.2) is 0 Å². The van der Waals surface area contributed by atoms with E-state index in [0.717, 1.165) is 5.69 Å². The van der Waals surface area contributed by atoms with E-state index in [1.807, 2.05) is 20.8 Å². The summed E-state index contributed by atoms with van der Waals surface area (Å²) >= 11 is 0. The molecule has 1 aliphatic heterocycles. The lowest BCUT2D eigenvalue weighted by molar-refractivity contribution is 0.209. The minimum atomic E-state index is -0.303. The molecule has 0 unspecified atom stereocenters. The van der Waals surface area contributed by atoms with Crippen LogP contribution in [0.2, 0.25) is 0 Å². The maximum atomic E-state index is 13.3. The van der Waals surface area contributed by atoms with Gasteiger partial charge in [-0.05, 0) is 19.1 Å². The van der Waals surface area contributed by atoms with Gasteiger partial charge in [-0.3, -0.25) is 0 Å². The van der Waals surface area contributed by atoms with Crippen LogP contribution in [-0.4, -0.2) is 22.8 Å². The number of halogens is 1. The molecule has 1 aliphatic rings. The summed E-state index contributed by atoms with van der Waals surface area (Å²) in [6.07, 6.45) is -0.0215. The average molecular weight is 291 g/mol. The van der Waals surface area contributed by atoms with Gasteiger partial charge >= 0.3 is 0 Å². The third kappa shape index (κ3) is 2.84. The second-order valence-corrected chi connectivity index (χ2v) is 5.61. The van der Waals surface area contributed by atoms with Crippen molar-refractivity contribution in [3.05, 3.63) is 35.8 Å². The molecule has 0 bridgehead atoms. The van der Waals surface area contributed by atoms with Gasteiger partial charge in [-0.15, -0.1) is 10.2 Å². The van der Waals surface area contributed by atoms with Gasteiger partial charge < -0.3 is 14.1 Å². The van der Waals surface area contributed by atoms with Crippen molar-refractivity contribution in [1.82, 2.24) is 10.2 Å². The topological polar surface area (TPSA) is 51.4 Å². The van der Waals surface area contributed by atoms with Crippen molar-refractivity contribution in [2.24, 2.45) is 0 Å². The van der Waals surface area contributed by atoms with Crippen molar-refractivity contribution in [3.63, 3.8) is 0 Å². The first-order valence-corrected chi connectivity index (χ1v) is 7.06.